The van der Waals surface area contributed by atoms with Gasteiger partial charge in [-0.25, -0.2) is 0 Å². The molecule has 7 nitrogen and oxygen atoms in total. The van der Waals surface area contributed by atoms with Gasteiger partial charge < -0.3 is 9.84 Å². The van der Waals surface area contributed by atoms with E-state index >= 15 is 0 Å². The first-order valence-electron chi connectivity index (χ1n) is 21.7. The summed E-state index contributed by atoms with van der Waals surface area (Å²) in [5.74, 6) is -5.20. The highest BCUT2D eigenvalue weighted by molar-refractivity contribution is 5.92. The van der Waals surface area contributed by atoms with Crippen LogP contribution < -0.4 is 0 Å². The Hall–Kier alpha value is -2.83. The molecule has 14 atom stereocenters. The van der Waals surface area contributed by atoms with E-state index in [0.717, 1.165) is 0 Å². The molecule has 0 unspecified atom stereocenters. The van der Waals surface area contributed by atoms with E-state index in [-0.39, 0.29) is 89.0 Å². The van der Waals surface area contributed by atoms with Crippen molar-refractivity contribution in [1.82, 2.24) is 0 Å². The average Bonchev–Trinajstić information content (AvgIpc) is 3.58. The van der Waals surface area contributed by atoms with Crippen molar-refractivity contribution >= 4 is 29.1 Å². The summed E-state index contributed by atoms with van der Waals surface area (Å²) < 4.78 is 90.3. The van der Waals surface area contributed by atoms with Gasteiger partial charge in [0.1, 0.15) is 5.60 Å². The Bertz CT molecular complexity index is 1880. The number of hydrogen-bond acceptors (Lipinski definition) is 7. The lowest BCUT2D eigenvalue weighted by Crippen LogP contribution is -2.60. The van der Waals surface area contributed by atoms with Gasteiger partial charge in [0.2, 0.25) is 0 Å². The van der Waals surface area contributed by atoms with Gasteiger partial charge in [-0.1, -0.05) is 27.7 Å². The largest absolute Gasteiger partial charge is 0.451 e. The molecule has 1 N–H and O–H groups in total. The molecule has 328 valence electrons. The minimum absolute atomic E-state index is 0.0306. The number of esters is 1. The molecule has 0 saturated heterocycles. The Morgan fingerprint density at radius 2 is 1.02 bits per heavy atom. The molecule has 0 aromatic rings. The summed E-state index contributed by atoms with van der Waals surface area (Å²) in [5.41, 5.74) is -4.80. The number of halogens is 6. The van der Waals surface area contributed by atoms with Crippen molar-refractivity contribution in [3.8, 4) is 0 Å². The summed E-state index contributed by atoms with van der Waals surface area (Å²) in [6, 6.07) is 0. The van der Waals surface area contributed by atoms with Crippen LogP contribution in [0, 0.1) is 69.0 Å². The van der Waals surface area contributed by atoms with Crippen molar-refractivity contribution in [2.45, 2.75) is 162 Å². The second-order valence-electron chi connectivity index (χ2n) is 20.8. The van der Waals surface area contributed by atoms with E-state index in [2.05, 4.69) is 0 Å². The number of hydrogen-bond donors (Lipinski definition) is 1. The van der Waals surface area contributed by atoms with Crippen molar-refractivity contribution in [3.05, 3.63) is 23.3 Å². The van der Waals surface area contributed by atoms with E-state index in [1.807, 2.05) is 27.7 Å². The SMILES string of the molecule is CC(=O)O[C@]1(C(C)=O)CC[C@H]2[C@@H]3C[C@H](C(F)(F)F)C4=CC(=O)CC[C@]4(C)[C@H]3CC[C@@]21C.CC(=O)[C@@]1(O)CC[C@H]2[C@@H]3C[C@H](C(F)(F)F)C4=CC(=O)CC[C@]4(C)[C@H]3CC[C@@]21C. The molecule has 8 aliphatic carbocycles. The number of fused-ring (bicyclic) bond motifs is 10. The fraction of sp³-hybridized carbons (Fsp3) is 0.804. The van der Waals surface area contributed by atoms with Gasteiger partial charge in [0.15, 0.2) is 28.7 Å². The first-order chi connectivity index (χ1) is 27.1. The van der Waals surface area contributed by atoms with Gasteiger partial charge in [-0.15, -0.1) is 0 Å². The van der Waals surface area contributed by atoms with E-state index in [4.69, 9.17) is 4.74 Å². The number of alkyl halides is 6. The van der Waals surface area contributed by atoms with Gasteiger partial charge in [-0.2, -0.15) is 26.3 Å². The Labute approximate surface area is 342 Å². The number of carbonyl (C=O) groups is 5. The predicted octanol–water partition coefficient (Wildman–Crippen LogP) is 9.82. The molecule has 6 saturated carbocycles. The van der Waals surface area contributed by atoms with Crippen molar-refractivity contribution in [2.24, 2.45) is 69.0 Å². The zero-order valence-corrected chi connectivity index (χ0v) is 35.3. The first-order valence-corrected chi connectivity index (χ1v) is 21.7. The van der Waals surface area contributed by atoms with Gasteiger partial charge in [0.05, 0.1) is 11.8 Å². The number of allylic oxidation sites excluding steroid dienone is 2. The highest BCUT2D eigenvalue weighted by Crippen LogP contribution is 2.72. The lowest BCUT2D eigenvalue weighted by atomic mass is 9.44. The molecule has 59 heavy (non-hydrogen) atoms. The van der Waals surface area contributed by atoms with Crippen LogP contribution in [0.3, 0.4) is 0 Å². The van der Waals surface area contributed by atoms with Crippen LogP contribution >= 0.6 is 0 Å². The van der Waals surface area contributed by atoms with E-state index in [1.54, 1.807) is 0 Å². The summed E-state index contributed by atoms with van der Waals surface area (Å²) in [4.78, 5) is 61.0. The van der Waals surface area contributed by atoms with Crippen molar-refractivity contribution in [1.29, 1.82) is 0 Å². The second kappa shape index (κ2) is 14.1. The molecule has 0 bridgehead atoms. The minimum Gasteiger partial charge on any atom is -0.451 e. The summed E-state index contributed by atoms with van der Waals surface area (Å²) in [7, 11) is 0. The molecular weight excluding hydrogens is 778 g/mol. The molecule has 8 aliphatic rings. The third-order valence-electron chi connectivity index (χ3n) is 18.5. The minimum atomic E-state index is -4.42. The maximum Gasteiger partial charge on any atom is 0.395 e. The molecule has 6 fully saturated rings. The fourth-order valence-electron chi connectivity index (χ4n) is 15.6. The third kappa shape index (κ3) is 6.40. The van der Waals surface area contributed by atoms with E-state index < -0.39 is 63.0 Å². The molecular formula is C46H60F6O7. The number of rotatable bonds is 3. The number of carbonyl (C=O) groups excluding carboxylic acids is 5. The molecule has 0 radical (unpaired) electrons. The van der Waals surface area contributed by atoms with Crippen molar-refractivity contribution in [3.63, 3.8) is 0 Å². The van der Waals surface area contributed by atoms with Gasteiger partial charge >= 0.3 is 18.3 Å². The van der Waals surface area contributed by atoms with Gasteiger partial charge in [-0.3, -0.25) is 24.0 Å². The summed E-state index contributed by atoms with van der Waals surface area (Å²) in [6.07, 6.45) is -0.371. The zero-order chi connectivity index (χ0) is 43.7. The Morgan fingerprint density at radius 1 is 0.610 bits per heavy atom. The smallest absolute Gasteiger partial charge is 0.395 e. The predicted molar refractivity (Wildman–Crippen MR) is 204 cm³/mol. The van der Waals surface area contributed by atoms with Crippen molar-refractivity contribution < 1.29 is 60.2 Å². The van der Waals surface area contributed by atoms with Crippen LogP contribution in [0.5, 0.6) is 0 Å². The topological polar surface area (TPSA) is 115 Å². The molecule has 13 heteroatoms. The number of ether oxygens (including phenoxy) is 1. The fourth-order valence-corrected chi connectivity index (χ4v) is 15.6. The number of ketones is 4. The van der Waals surface area contributed by atoms with Gasteiger partial charge in [0, 0.05) is 30.6 Å². The molecule has 0 amide bonds. The summed E-state index contributed by atoms with van der Waals surface area (Å²) >= 11 is 0. The van der Waals surface area contributed by atoms with Crippen LogP contribution in [0.25, 0.3) is 0 Å². The van der Waals surface area contributed by atoms with Gasteiger partial charge in [0.25, 0.3) is 0 Å². The van der Waals surface area contributed by atoms with Crippen LogP contribution in [-0.2, 0) is 28.7 Å². The zero-order valence-electron chi connectivity index (χ0n) is 35.3. The monoisotopic (exact) mass is 838 g/mol. The van der Waals surface area contributed by atoms with Crippen LogP contribution in [0.2, 0.25) is 0 Å². The van der Waals surface area contributed by atoms with Crippen LogP contribution in [0.15, 0.2) is 23.3 Å². The molecule has 0 heterocycles. The van der Waals surface area contributed by atoms with Crippen LogP contribution in [0.4, 0.5) is 26.3 Å². The lowest BCUT2D eigenvalue weighted by molar-refractivity contribution is -0.205. The Kier molecular flexibility index (Phi) is 10.6. The van der Waals surface area contributed by atoms with E-state index in [9.17, 15) is 55.4 Å². The summed E-state index contributed by atoms with van der Waals surface area (Å²) in [6.45, 7) is 11.8. The Morgan fingerprint density at radius 3 is 1.42 bits per heavy atom. The Balaban J connectivity index is 0.000000180. The molecule has 0 spiro atoms. The second-order valence-corrected chi connectivity index (χ2v) is 20.8. The van der Waals surface area contributed by atoms with E-state index in [1.165, 1.54) is 32.9 Å². The first kappa shape index (κ1) is 44.2. The van der Waals surface area contributed by atoms with Gasteiger partial charge in [-0.05, 0) is 161 Å². The van der Waals surface area contributed by atoms with Crippen LogP contribution in [0.1, 0.15) is 138 Å². The highest BCUT2D eigenvalue weighted by Gasteiger charge is 2.71. The maximum absolute atomic E-state index is 14.2. The molecule has 8 rings (SSSR count). The third-order valence-corrected chi connectivity index (χ3v) is 18.5. The standard InChI is InChI=1S/C24H31F3O4.C22H29F3O3/c1-13(28)23(31-14(2)29)10-7-18-16-12-20(24(25,26)27)19-11-15(30)5-8-21(19,3)17(16)6-9-22(18,23)4;1-12(26)21(28)9-6-16-14-11-18(22(23,24)25)17-10-13(27)4-7-19(17,2)15(14)5-8-20(16,21)3/h11,16-18,20H,5-10,12H2,1-4H3;10,14-16,18,28H,4-9,11H2,1-3H3/t16-,17+,18+,20+,21-,22+,23+;14-,15+,16+,18+,19-,20+,21+/m11/s1. The maximum atomic E-state index is 14.2. The quantitative estimate of drug-likeness (QED) is 0.222. The number of Topliss-reactive ketones (excluding diaryl/α,β-unsaturated/α-hetero) is 2. The number of aliphatic hydroxyl groups is 1. The molecule has 0 aromatic heterocycles. The van der Waals surface area contributed by atoms with E-state index in [0.29, 0.717) is 70.6 Å². The lowest BCUT2D eigenvalue weighted by Gasteiger charge is -2.60. The average molecular weight is 839 g/mol. The summed E-state index contributed by atoms with van der Waals surface area (Å²) in [5, 5.41) is 11.1. The molecule has 0 aliphatic heterocycles. The van der Waals surface area contributed by atoms with Crippen molar-refractivity contribution in [2.75, 3.05) is 0 Å². The van der Waals surface area contributed by atoms with Crippen LogP contribution in [-0.4, -0.2) is 57.8 Å². The normalized spacial score (nSPS) is 46.4. The molecule has 0 aromatic carbocycles. The highest BCUT2D eigenvalue weighted by atomic mass is 19.4.